The lowest BCUT2D eigenvalue weighted by atomic mass is 9.99. The Morgan fingerprint density at radius 2 is 1.96 bits per heavy atom. The predicted molar refractivity (Wildman–Crippen MR) is 98.7 cm³/mol. The molecular weight excluding hydrogens is 376 g/mol. The molecule has 134 valence electrons. The molecule has 1 aliphatic rings. The number of halogens is 1. The van der Waals surface area contributed by atoms with Crippen molar-refractivity contribution in [3.8, 4) is 11.1 Å². The van der Waals surface area contributed by atoms with Gasteiger partial charge in [-0.15, -0.1) is 0 Å². The van der Waals surface area contributed by atoms with Crippen LogP contribution < -0.4 is 5.73 Å². The van der Waals surface area contributed by atoms with Crippen LogP contribution in [0.25, 0.3) is 22.1 Å². The highest BCUT2D eigenvalue weighted by Crippen LogP contribution is 2.35. The van der Waals surface area contributed by atoms with E-state index < -0.39 is 15.7 Å². The fraction of sp³-hybridized carbons (Fsp3) is 0.167. The van der Waals surface area contributed by atoms with Crippen molar-refractivity contribution < 1.29 is 17.6 Å². The monoisotopic (exact) mass is 390 g/mol. The second-order valence-electron chi connectivity index (χ2n) is 6.26. The van der Waals surface area contributed by atoms with Crippen LogP contribution in [-0.4, -0.2) is 32.1 Å². The Morgan fingerprint density at radius 1 is 1.19 bits per heavy atom. The van der Waals surface area contributed by atoms with E-state index in [1.807, 2.05) is 18.2 Å². The van der Waals surface area contributed by atoms with Crippen molar-refractivity contribution in [3.05, 3.63) is 52.5 Å². The summed E-state index contributed by atoms with van der Waals surface area (Å²) in [5.74, 6) is -0.532. The third-order valence-electron chi connectivity index (χ3n) is 4.50. The Labute approximate surface area is 155 Å². The lowest BCUT2D eigenvalue weighted by molar-refractivity contribution is 0.0816. The Kier molecular flexibility index (Phi) is 3.83. The molecule has 0 fully saturated rings. The minimum absolute atomic E-state index is 0.00602. The fourth-order valence-electron chi connectivity index (χ4n) is 3.13. The minimum atomic E-state index is -3.67. The van der Waals surface area contributed by atoms with Gasteiger partial charge in [0.15, 0.2) is 5.58 Å². The number of hydrogen-bond donors (Lipinski definition) is 1. The maximum Gasteiger partial charge on any atom is 0.254 e. The first-order valence-electron chi connectivity index (χ1n) is 7.85. The Bertz CT molecular complexity index is 1170. The van der Waals surface area contributed by atoms with E-state index in [4.69, 9.17) is 21.8 Å². The lowest BCUT2D eigenvalue weighted by Crippen LogP contribution is -2.17. The molecule has 0 bridgehead atoms. The van der Waals surface area contributed by atoms with Crippen LogP contribution in [0.2, 0.25) is 5.02 Å². The van der Waals surface area contributed by atoms with E-state index in [1.165, 1.54) is 6.07 Å². The number of nitrogens with zero attached hydrogens (tertiary/aromatic N) is 1. The summed E-state index contributed by atoms with van der Waals surface area (Å²) in [7, 11) is -1.91. The Morgan fingerprint density at radius 3 is 2.69 bits per heavy atom. The summed E-state index contributed by atoms with van der Waals surface area (Å²) in [4.78, 5) is 13.7. The molecule has 3 aromatic rings. The molecule has 26 heavy (non-hydrogen) atoms. The van der Waals surface area contributed by atoms with Gasteiger partial charge in [0, 0.05) is 30.6 Å². The number of carbonyl (C=O) groups excluding carboxylic acids is 1. The number of amides is 1. The number of sulfone groups is 1. The Balaban J connectivity index is 1.84. The third-order valence-corrected chi connectivity index (χ3v) is 6.03. The van der Waals surface area contributed by atoms with E-state index in [0.29, 0.717) is 28.1 Å². The largest absolute Gasteiger partial charge is 0.443 e. The summed E-state index contributed by atoms with van der Waals surface area (Å²) >= 11 is 6.30. The van der Waals surface area contributed by atoms with Crippen LogP contribution in [0.3, 0.4) is 0 Å². The molecule has 4 rings (SSSR count). The zero-order chi connectivity index (χ0) is 18.6. The molecule has 0 saturated carbocycles. The van der Waals surface area contributed by atoms with Crippen LogP contribution in [0.1, 0.15) is 15.9 Å². The van der Waals surface area contributed by atoms with Crippen LogP contribution in [0.5, 0.6) is 0 Å². The first kappa shape index (κ1) is 17.1. The second-order valence-corrected chi connectivity index (χ2v) is 8.63. The Hall–Kier alpha value is -2.35. The van der Waals surface area contributed by atoms with Gasteiger partial charge in [0.25, 0.3) is 5.91 Å². The molecule has 0 radical (unpaired) electrons. The van der Waals surface area contributed by atoms with Gasteiger partial charge in [0.05, 0.1) is 5.02 Å². The van der Waals surface area contributed by atoms with Crippen molar-refractivity contribution in [3.63, 3.8) is 0 Å². The summed E-state index contributed by atoms with van der Waals surface area (Å²) < 4.78 is 29.3. The molecular formula is C18H15ClN2O4S. The van der Waals surface area contributed by atoms with Crippen molar-refractivity contribution in [1.29, 1.82) is 0 Å². The van der Waals surface area contributed by atoms with Gasteiger partial charge in [-0.05, 0) is 41.0 Å². The number of furan rings is 1. The molecule has 2 heterocycles. The summed E-state index contributed by atoms with van der Waals surface area (Å²) in [6.45, 7) is 0.558. The highest BCUT2D eigenvalue weighted by molar-refractivity contribution is 7.91. The van der Waals surface area contributed by atoms with Crippen LogP contribution >= 0.6 is 11.6 Å². The van der Waals surface area contributed by atoms with Crippen LogP contribution in [0.15, 0.2) is 45.9 Å². The third kappa shape index (κ3) is 2.59. The highest BCUT2D eigenvalue weighted by atomic mass is 35.5. The van der Waals surface area contributed by atoms with E-state index in [1.54, 1.807) is 24.1 Å². The SMILES string of the molecule is CN1Cc2cc(-c3cc(Cl)c4oc(S(=O)(=O)CN)cc4c3)ccc2C1=O. The van der Waals surface area contributed by atoms with Gasteiger partial charge in [-0.3, -0.25) is 4.79 Å². The first-order valence-corrected chi connectivity index (χ1v) is 9.88. The fourth-order valence-corrected chi connectivity index (χ4v) is 4.08. The lowest BCUT2D eigenvalue weighted by Gasteiger charge is -2.05. The minimum Gasteiger partial charge on any atom is -0.443 e. The number of nitrogens with two attached hydrogens (primary N) is 1. The zero-order valence-electron chi connectivity index (χ0n) is 13.8. The highest BCUT2D eigenvalue weighted by Gasteiger charge is 2.25. The molecule has 0 spiro atoms. The molecule has 0 atom stereocenters. The predicted octanol–water partition coefficient (Wildman–Crippen LogP) is 3.03. The van der Waals surface area contributed by atoms with E-state index in [9.17, 15) is 13.2 Å². The summed E-state index contributed by atoms with van der Waals surface area (Å²) in [5.41, 5.74) is 8.93. The summed E-state index contributed by atoms with van der Waals surface area (Å²) in [6, 6.07) is 10.6. The molecule has 2 aromatic carbocycles. The zero-order valence-corrected chi connectivity index (χ0v) is 15.4. The topological polar surface area (TPSA) is 93.6 Å². The molecule has 8 heteroatoms. The average Bonchev–Trinajstić information content (AvgIpc) is 3.17. The second kappa shape index (κ2) is 5.84. The number of rotatable bonds is 3. The van der Waals surface area contributed by atoms with Crippen molar-refractivity contribution >= 4 is 38.3 Å². The van der Waals surface area contributed by atoms with Gasteiger partial charge in [-0.1, -0.05) is 17.7 Å². The van der Waals surface area contributed by atoms with Crippen LogP contribution in [0, 0.1) is 0 Å². The first-order chi connectivity index (χ1) is 12.3. The number of hydrogen-bond acceptors (Lipinski definition) is 5. The van der Waals surface area contributed by atoms with Crippen molar-refractivity contribution in [1.82, 2.24) is 4.90 Å². The quantitative estimate of drug-likeness (QED) is 0.741. The maximum absolute atomic E-state index is 12.0. The van der Waals surface area contributed by atoms with Gasteiger partial charge in [0.2, 0.25) is 14.9 Å². The molecule has 0 unspecified atom stereocenters. The normalized spacial score (nSPS) is 14.3. The van der Waals surface area contributed by atoms with E-state index >= 15 is 0 Å². The van der Waals surface area contributed by atoms with Crippen LogP contribution in [-0.2, 0) is 16.4 Å². The van der Waals surface area contributed by atoms with Gasteiger partial charge in [-0.25, -0.2) is 8.42 Å². The van der Waals surface area contributed by atoms with Gasteiger partial charge in [0.1, 0.15) is 5.88 Å². The summed E-state index contributed by atoms with van der Waals surface area (Å²) in [5, 5.41) is 0.688. The van der Waals surface area contributed by atoms with Gasteiger partial charge >= 0.3 is 0 Å². The van der Waals surface area contributed by atoms with E-state index in [-0.39, 0.29) is 11.0 Å². The smallest absolute Gasteiger partial charge is 0.254 e. The van der Waals surface area contributed by atoms with Crippen LogP contribution in [0.4, 0.5) is 0 Å². The average molecular weight is 391 g/mol. The van der Waals surface area contributed by atoms with E-state index in [2.05, 4.69) is 0 Å². The molecule has 1 aliphatic heterocycles. The van der Waals surface area contributed by atoms with Crippen molar-refractivity contribution in [2.45, 2.75) is 11.6 Å². The maximum atomic E-state index is 12.0. The molecule has 2 N–H and O–H groups in total. The molecule has 1 aromatic heterocycles. The standard InChI is InChI=1S/C18H15ClN2O4S/c1-21-8-13-4-10(2-3-14(13)18(21)22)11-5-12-7-16(26(23,24)9-20)25-17(12)15(19)6-11/h2-7H,8-9,20H2,1H3. The molecule has 6 nitrogen and oxygen atoms in total. The summed E-state index contributed by atoms with van der Waals surface area (Å²) in [6.07, 6.45) is 0. The molecule has 0 aliphatic carbocycles. The van der Waals surface area contributed by atoms with Gasteiger partial charge < -0.3 is 15.1 Å². The van der Waals surface area contributed by atoms with Crippen molar-refractivity contribution in [2.24, 2.45) is 5.73 Å². The number of benzene rings is 2. The molecule has 0 saturated heterocycles. The van der Waals surface area contributed by atoms with Crippen molar-refractivity contribution in [2.75, 3.05) is 12.9 Å². The number of fused-ring (bicyclic) bond motifs is 2. The number of carbonyl (C=O) groups is 1. The van der Waals surface area contributed by atoms with E-state index in [0.717, 1.165) is 16.7 Å². The molecule has 1 amide bonds. The van der Waals surface area contributed by atoms with Gasteiger partial charge in [-0.2, -0.15) is 0 Å².